The van der Waals surface area contributed by atoms with Crippen LogP contribution in [0.2, 0.25) is 0 Å². The predicted molar refractivity (Wildman–Crippen MR) is 84.8 cm³/mol. The molecule has 0 saturated carbocycles. The van der Waals surface area contributed by atoms with E-state index in [-0.39, 0.29) is 17.2 Å². The van der Waals surface area contributed by atoms with E-state index in [0.717, 1.165) is 11.1 Å². The van der Waals surface area contributed by atoms with E-state index >= 15 is 0 Å². The SMILES string of the molecule is COc1cc(O)cc(/C=C/c2ccc(O)c(OC)c2OC)c1. The van der Waals surface area contributed by atoms with Gasteiger partial charge in [-0.15, -0.1) is 0 Å². The van der Waals surface area contributed by atoms with Gasteiger partial charge in [0.05, 0.1) is 21.3 Å². The molecular weight excluding hydrogens is 284 g/mol. The van der Waals surface area contributed by atoms with Crippen LogP contribution in [0.1, 0.15) is 11.1 Å². The van der Waals surface area contributed by atoms with Crippen molar-refractivity contribution in [2.45, 2.75) is 0 Å². The van der Waals surface area contributed by atoms with Crippen LogP contribution in [0.5, 0.6) is 28.7 Å². The lowest BCUT2D eigenvalue weighted by atomic mass is 10.1. The normalized spacial score (nSPS) is 10.7. The first-order valence-corrected chi connectivity index (χ1v) is 6.59. The molecule has 0 heterocycles. The Balaban J connectivity index is 2.40. The number of benzene rings is 2. The molecular formula is C17H18O5. The van der Waals surface area contributed by atoms with Crippen LogP contribution < -0.4 is 14.2 Å². The first kappa shape index (κ1) is 15.6. The van der Waals surface area contributed by atoms with Crippen LogP contribution in [0.15, 0.2) is 30.3 Å². The molecule has 22 heavy (non-hydrogen) atoms. The van der Waals surface area contributed by atoms with E-state index in [0.29, 0.717) is 11.5 Å². The van der Waals surface area contributed by atoms with Crippen LogP contribution in [0.25, 0.3) is 12.2 Å². The van der Waals surface area contributed by atoms with Gasteiger partial charge in [-0.25, -0.2) is 0 Å². The predicted octanol–water partition coefficient (Wildman–Crippen LogP) is 3.29. The summed E-state index contributed by atoms with van der Waals surface area (Å²) in [4.78, 5) is 0. The summed E-state index contributed by atoms with van der Waals surface area (Å²) < 4.78 is 15.6. The fourth-order valence-electron chi connectivity index (χ4n) is 2.11. The van der Waals surface area contributed by atoms with Gasteiger partial charge in [0, 0.05) is 11.6 Å². The summed E-state index contributed by atoms with van der Waals surface area (Å²) in [6.45, 7) is 0. The zero-order valence-corrected chi connectivity index (χ0v) is 12.7. The van der Waals surface area contributed by atoms with E-state index < -0.39 is 0 Å². The highest BCUT2D eigenvalue weighted by atomic mass is 16.5. The molecule has 2 N–H and O–H groups in total. The number of aromatic hydroxyl groups is 2. The van der Waals surface area contributed by atoms with Crippen molar-refractivity contribution in [1.82, 2.24) is 0 Å². The average Bonchev–Trinajstić information content (AvgIpc) is 2.52. The molecule has 0 radical (unpaired) electrons. The molecule has 0 saturated heterocycles. The topological polar surface area (TPSA) is 68.2 Å². The second-order valence-electron chi connectivity index (χ2n) is 4.54. The second kappa shape index (κ2) is 6.76. The molecule has 0 fully saturated rings. The maximum absolute atomic E-state index is 9.76. The lowest BCUT2D eigenvalue weighted by molar-refractivity contribution is 0.332. The molecule has 5 nitrogen and oxygen atoms in total. The van der Waals surface area contributed by atoms with E-state index in [9.17, 15) is 10.2 Å². The van der Waals surface area contributed by atoms with E-state index in [2.05, 4.69) is 0 Å². The molecule has 0 unspecified atom stereocenters. The Morgan fingerprint density at radius 1 is 0.818 bits per heavy atom. The third kappa shape index (κ3) is 3.25. The van der Waals surface area contributed by atoms with Crippen molar-refractivity contribution in [2.75, 3.05) is 21.3 Å². The molecule has 0 aliphatic rings. The average molecular weight is 302 g/mol. The molecule has 0 aliphatic carbocycles. The number of phenols is 2. The van der Waals surface area contributed by atoms with Gasteiger partial charge in [-0.05, 0) is 29.8 Å². The highest BCUT2D eigenvalue weighted by Crippen LogP contribution is 2.39. The maximum Gasteiger partial charge on any atom is 0.203 e. The highest BCUT2D eigenvalue weighted by Gasteiger charge is 2.12. The van der Waals surface area contributed by atoms with Crippen molar-refractivity contribution < 1.29 is 24.4 Å². The van der Waals surface area contributed by atoms with Gasteiger partial charge in [-0.3, -0.25) is 0 Å². The third-order valence-electron chi connectivity index (χ3n) is 3.13. The largest absolute Gasteiger partial charge is 0.508 e. The van der Waals surface area contributed by atoms with Crippen molar-refractivity contribution >= 4 is 12.2 Å². The van der Waals surface area contributed by atoms with Gasteiger partial charge in [-0.1, -0.05) is 12.2 Å². The third-order valence-corrected chi connectivity index (χ3v) is 3.13. The smallest absolute Gasteiger partial charge is 0.203 e. The number of hydrogen-bond donors (Lipinski definition) is 2. The Morgan fingerprint density at radius 3 is 2.18 bits per heavy atom. The first-order chi connectivity index (χ1) is 10.6. The number of hydrogen-bond acceptors (Lipinski definition) is 5. The molecule has 2 aromatic carbocycles. The molecule has 0 amide bonds. The van der Waals surface area contributed by atoms with Crippen LogP contribution in [0, 0.1) is 0 Å². The summed E-state index contributed by atoms with van der Waals surface area (Å²) in [7, 11) is 4.51. The van der Waals surface area contributed by atoms with Crippen molar-refractivity contribution in [1.29, 1.82) is 0 Å². The summed E-state index contributed by atoms with van der Waals surface area (Å²) in [5.41, 5.74) is 1.51. The summed E-state index contributed by atoms with van der Waals surface area (Å²) >= 11 is 0. The lowest BCUT2D eigenvalue weighted by Crippen LogP contribution is -1.93. The van der Waals surface area contributed by atoms with Gasteiger partial charge < -0.3 is 24.4 Å². The van der Waals surface area contributed by atoms with Gasteiger partial charge >= 0.3 is 0 Å². The van der Waals surface area contributed by atoms with Crippen LogP contribution >= 0.6 is 0 Å². The standard InChI is InChI=1S/C17H18O5/c1-20-14-9-11(8-13(18)10-14)4-5-12-6-7-15(19)17(22-3)16(12)21-2/h4-10,18-19H,1-3H3/b5-4+. The lowest BCUT2D eigenvalue weighted by Gasteiger charge is -2.11. The van der Waals surface area contributed by atoms with Gasteiger partial charge in [0.2, 0.25) is 5.75 Å². The van der Waals surface area contributed by atoms with Crippen molar-refractivity contribution in [3.05, 3.63) is 41.5 Å². The Labute approximate surface area is 129 Å². The number of rotatable bonds is 5. The minimum atomic E-state index is 0.00975. The first-order valence-electron chi connectivity index (χ1n) is 6.59. The van der Waals surface area contributed by atoms with Crippen LogP contribution in [0.4, 0.5) is 0 Å². The van der Waals surface area contributed by atoms with Gasteiger partial charge in [0.1, 0.15) is 11.5 Å². The molecule has 5 heteroatoms. The summed E-state index contributed by atoms with van der Waals surface area (Å²) in [5, 5.41) is 19.4. The molecule has 0 aromatic heterocycles. The Kier molecular flexibility index (Phi) is 4.78. The molecule has 116 valence electrons. The Morgan fingerprint density at radius 2 is 1.55 bits per heavy atom. The minimum absolute atomic E-state index is 0.00975. The fourth-order valence-corrected chi connectivity index (χ4v) is 2.11. The van der Waals surface area contributed by atoms with Gasteiger partial charge in [-0.2, -0.15) is 0 Å². The van der Waals surface area contributed by atoms with Crippen LogP contribution in [-0.2, 0) is 0 Å². The zero-order chi connectivity index (χ0) is 16.1. The van der Waals surface area contributed by atoms with E-state index in [4.69, 9.17) is 14.2 Å². The Bertz CT molecular complexity index is 692. The molecule has 0 spiro atoms. The molecule has 0 atom stereocenters. The summed E-state index contributed by atoms with van der Waals surface area (Å²) in [6.07, 6.45) is 3.60. The summed E-state index contributed by atoms with van der Waals surface area (Å²) in [5.74, 6) is 1.41. The molecule has 2 rings (SSSR count). The van der Waals surface area contributed by atoms with Crippen molar-refractivity contribution in [3.63, 3.8) is 0 Å². The van der Waals surface area contributed by atoms with Crippen molar-refractivity contribution in [3.8, 4) is 28.7 Å². The molecule has 2 aromatic rings. The number of ether oxygens (including phenoxy) is 3. The Hall–Kier alpha value is -2.82. The van der Waals surface area contributed by atoms with Crippen LogP contribution in [0.3, 0.4) is 0 Å². The van der Waals surface area contributed by atoms with Gasteiger partial charge in [0.15, 0.2) is 11.5 Å². The number of methoxy groups -OCH3 is 3. The quantitative estimate of drug-likeness (QED) is 0.829. The summed E-state index contributed by atoms with van der Waals surface area (Å²) in [6, 6.07) is 8.18. The molecule has 0 bridgehead atoms. The maximum atomic E-state index is 9.76. The van der Waals surface area contributed by atoms with E-state index in [1.165, 1.54) is 33.5 Å². The minimum Gasteiger partial charge on any atom is -0.508 e. The highest BCUT2D eigenvalue weighted by molar-refractivity contribution is 5.76. The number of phenolic OH excluding ortho intramolecular Hbond substituents is 2. The van der Waals surface area contributed by atoms with E-state index in [1.807, 2.05) is 0 Å². The van der Waals surface area contributed by atoms with Crippen molar-refractivity contribution in [2.24, 2.45) is 0 Å². The van der Waals surface area contributed by atoms with E-state index in [1.54, 1.807) is 30.4 Å². The second-order valence-corrected chi connectivity index (χ2v) is 4.54. The zero-order valence-electron chi connectivity index (χ0n) is 12.7. The van der Waals surface area contributed by atoms with Crippen LogP contribution in [-0.4, -0.2) is 31.5 Å². The molecule has 0 aliphatic heterocycles. The monoisotopic (exact) mass is 302 g/mol. The van der Waals surface area contributed by atoms with Gasteiger partial charge in [0.25, 0.3) is 0 Å². The fraction of sp³-hybridized carbons (Fsp3) is 0.176.